The maximum atomic E-state index is 13.7. The summed E-state index contributed by atoms with van der Waals surface area (Å²) in [6.45, 7) is 4.55. The van der Waals surface area contributed by atoms with Crippen LogP contribution in [0.1, 0.15) is 29.5 Å². The molecule has 3 heterocycles. The van der Waals surface area contributed by atoms with Crippen LogP contribution in [0.4, 0.5) is 5.69 Å². The lowest BCUT2D eigenvalue weighted by Crippen LogP contribution is -2.56. The van der Waals surface area contributed by atoms with Gasteiger partial charge in [0.05, 0.1) is 12.3 Å². The average molecular weight is 376 g/mol. The van der Waals surface area contributed by atoms with Crippen LogP contribution in [0.5, 0.6) is 0 Å². The molecule has 2 aromatic carbocycles. The maximum absolute atomic E-state index is 13.7. The van der Waals surface area contributed by atoms with E-state index in [1.807, 2.05) is 23.1 Å². The molecule has 2 unspecified atom stereocenters. The summed E-state index contributed by atoms with van der Waals surface area (Å²) in [5.74, 6) is -0.612. The van der Waals surface area contributed by atoms with Crippen molar-refractivity contribution in [1.29, 1.82) is 0 Å². The van der Waals surface area contributed by atoms with Gasteiger partial charge in [0.2, 0.25) is 5.91 Å². The quantitative estimate of drug-likeness (QED) is 0.608. The fraction of sp³-hybridized carbons (Fsp3) is 0.391. The van der Waals surface area contributed by atoms with E-state index in [-0.39, 0.29) is 24.4 Å². The minimum atomic E-state index is -1.14. The first-order valence-electron chi connectivity index (χ1n) is 10.0. The Labute approximate surface area is 164 Å². The van der Waals surface area contributed by atoms with E-state index in [9.17, 15) is 9.59 Å². The Morgan fingerprint density at radius 2 is 2.00 bits per heavy atom. The van der Waals surface area contributed by atoms with Crippen LogP contribution in [0.15, 0.2) is 48.5 Å². The largest absolute Gasteiger partial charge is 0.465 e. The molecule has 0 saturated carbocycles. The number of nitrogens with zero attached hydrogens (tertiary/aromatic N) is 2. The van der Waals surface area contributed by atoms with Gasteiger partial charge in [-0.15, -0.1) is 0 Å². The summed E-state index contributed by atoms with van der Waals surface area (Å²) >= 11 is 0. The van der Waals surface area contributed by atoms with Crippen LogP contribution in [0.2, 0.25) is 0 Å². The third kappa shape index (κ3) is 2.35. The van der Waals surface area contributed by atoms with Crippen molar-refractivity contribution in [2.45, 2.75) is 25.8 Å². The molecular formula is C23H24N2O3. The number of carbonyl (C=O) groups is 2. The van der Waals surface area contributed by atoms with Gasteiger partial charge < -0.3 is 9.64 Å². The van der Waals surface area contributed by atoms with Gasteiger partial charge in [-0.25, -0.2) is 0 Å². The number of rotatable bonds is 4. The van der Waals surface area contributed by atoms with Gasteiger partial charge in [0.15, 0.2) is 5.41 Å². The zero-order valence-electron chi connectivity index (χ0n) is 16.1. The van der Waals surface area contributed by atoms with Crippen LogP contribution < -0.4 is 4.90 Å². The molecule has 3 aliphatic rings. The highest BCUT2D eigenvalue weighted by atomic mass is 16.5. The lowest BCUT2D eigenvalue weighted by Gasteiger charge is -2.40. The molecule has 5 nitrogen and oxygen atoms in total. The molecule has 0 bridgehead atoms. The number of benzene rings is 2. The summed E-state index contributed by atoms with van der Waals surface area (Å²) in [6.07, 6.45) is 0.855. The lowest BCUT2D eigenvalue weighted by atomic mass is 9.70. The second kappa shape index (κ2) is 6.45. The predicted molar refractivity (Wildman–Crippen MR) is 106 cm³/mol. The Balaban J connectivity index is 1.59. The second-order valence-electron chi connectivity index (χ2n) is 7.96. The maximum Gasteiger partial charge on any atom is 0.323 e. The molecule has 1 amide bonds. The van der Waals surface area contributed by atoms with Crippen LogP contribution in [0, 0.1) is 5.41 Å². The zero-order chi connectivity index (χ0) is 19.3. The number of carbonyl (C=O) groups excluding carboxylic acids is 2. The third-order valence-electron chi connectivity index (χ3n) is 6.42. The molecular weight excluding hydrogens is 352 g/mol. The molecule has 2 atom stereocenters. The molecule has 2 aromatic rings. The average Bonchev–Trinajstić information content (AvgIpc) is 3.31. The van der Waals surface area contributed by atoms with E-state index >= 15 is 0 Å². The first-order chi connectivity index (χ1) is 13.6. The van der Waals surface area contributed by atoms with E-state index in [1.165, 1.54) is 11.1 Å². The number of likely N-dealkylation sites (tertiary alicyclic amines) is 1. The Morgan fingerprint density at radius 3 is 2.79 bits per heavy atom. The number of amides is 1. The summed E-state index contributed by atoms with van der Waals surface area (Å²) in [7, 11) is 0. The summed E-state index contributed by atoms with van der Waals surface area (Å²) in [4.78, 5) is 30.9. The summed E-state index contributed by atoms with van der Waals surface area (Å²) in [5.41, 5.74) is 3.42. The molecule has 5 rings (SSSR count). The number of anilines is 1. The minimum absolute atomic E-state index is 0.0797. The van der Waals surface area contributed by atoms with Gasteiger partial charge in [-0.1, -0.05) is 48.5 Å². The monoisotopic (exact) mass is 376 g/mol. The van der Waals surface area contributed by atoms with Crippen LogP contribution in [0.25, 0.3) is 0 Å². The van der Waals surface area contributed by atoms with Crippen molar-refractivity contribution in [1.82, 2.24) is 4.90 Å². The van der Waals surface area contributed by atoms with Gasteiger partial charge in [-0.05, 0) is 30.0 Å². The van der Waals surface area contributed by atoms with Crippen LogP contribution in [-0.2, 0) is 27.3 Å². The Morgan fingerprint density at radius 1 is 1.18 bits per heavy atom. The second-order valence-corrected chi connectivity index (χ2v) is 7.96. The number of hydrogen-bond acceptors (Lipinski definition) is 4. The Bertz CT molecular complexity index is 942. The topological polar surface area (TPSA) is 49.9 Å². The molecule has 0 aliphatic carbocycles. The molecule has 0 aromatic heterocycles. The molecule has 144 valence electrons. The molecule has 28 heavy (non-hydrogen) atoms. The smallest absolute Gasteiger partial charge is 0.323 e. The van der Waals surface area contributed by atoms with Gasteiger partial charge in [0.25, 0.3) is 0 Å². The molecule has 1 saturated heterocycles. The first-order valence-corrected chi connectivity index (χ1v) is 10.0. The highest BCUT2D eigenvalue weighted by Crippen LogP contribution is 2.54. The molecule has 3 aliphatic heterocycles. The Hall–Kier alpha value is -2.66. The summed E-state index contributed by atoms with van der Waals surface area (Å²) < 4.78 is 5.47. The lowest BCUT2D eigenvalue weighted by molar-refractivity contribution is -0.160. The predicted octanol–water partition coefficient (Wildman–Crippen LogP) is 2.74. The molecule has 0 N–H and O–H groups in total. The van der Waals surface area contributed by atoms with Crippen molar-refractivity contribution in [3.63, 3.8) is 0 Å². The van der Waals surface area contributed by atoms with E-state index in [0.29, 0.717) is 19.6 Å². The number of para-hydroxylation sites is 1. The van der Waals surface area contributed by atoms with Crippen LogP contribution in [0.3, 0.4) is 0 Å². The van der Waals surface area contributed by atoms with Gasteiger partial charge in [-0.3, -0.25) is 14.5 Å². The molecule has 1 fully saturated rings. The van der Waals surface area contributed by atoms with Crippen molar-refractivity contribution in [3.05, 3.63) is 65.2 Å². The van der Waals surface area contributed by atoms with Crippen molar-refractivity contribution in [2.75, 3.05) is 31.1 Å². The fourth-order valence-electron chi connectivity index (χ4n) is 5.25. The molecule has 5 heteroatoms. The fourth-order valence-corrected chi connectivity index (χ4v) is 5.25. The number of fused-ring (bicyclic) bond motifs is 2. The van der Waals surface area contributed by atoms with Gasteiger partial charge in [0, 0.05) is 32.1 Å². The normalized spacial score (nSPS) is 25.5. The van der Waals surface area contributed by atoms with Crippen LogP contribution in [-0.4, -0.2) is 43.0 Å². The van der Waals surface area contributed by atoms with E-state index < -0.39 is 5.41 Å². The van der Waals surface area contributed by atoms with Gasteiger partial charge >= 0.3 is 5.97 Å². The van der Waals surface area contributed by atoms with Crippen molar-refractivity contribution < 1.29 is 14.3 Å². The number of esters is 1. The first kappa shape index (κ1) is 17.4. The third-order valence-corrected chi connectivity index (χ3v) is 6.42. The molecule has 0 spiro atoms. The summed E-state index contributed by atoms with van der Waals surface area (Å²) in [6, 6.07) is 16.5. The van der Waals surface area contributed by atoms with E-state index in [1.54, 1.807) is 6.92 Å². The van der Waals surface area contributed by atoms with Crippen molar-refractivity contribution >= 4 is 17.6 Å². The SMILES string of the molecule is CCOC(=O)C12CN(Cc3ccccc3)CC1c1cccc3c1N(CC3)C2=O. The van der Waals surface area contributed by atoms with E-state index in [4.69, 9.17) is 4.74 Å². The number of ether oxygens (including phenoxy) is 1. The zero-order valence-corrected chi connectivity index (χ0v) is 16.1. The standard InChI is InChI=1S/C23H24N2O3/c1-2-28-22(27)23-15-24(13-16-7-4-3-5-8-16)14-19(23)18-10-6-9-17-11-12-25(20(17)18)21(23)26/h3-10,19H,2,11-15H2,1H3. The van der Waals surface area contributed by atoms with Gasteiger partial charge in [-0.2, -0.15) is 0 Å². The van der Waals surface area contributed by atoms with Crippen molar-refractivity contribution in [2.24, 2.45) is 5.41 Å². The molecule has 0 radical (unpaired) electrons. The van der Waals surface area contributed by atoms with Crippen LogP contribution >= 0.6 is 0 Å². The Kier molecular flexibility index (Phi) is 4.02. The van der Waals surface area contributed by atoms with Crippen molar-refractivity contribution in [3.8, 4) is 0 Å². The minimum Gasteiger partial charge on any atom is -0.465 e. The van der Waals surface area contributed by atoms with E-state index in [0.717, 1.165) is 24.2 Å². The number of hydrogen-bond donors (Lipinski definition) is 0. The summed E-state index contributed by atoms with van der Waals surface area (Å²) in [5, 5.41) is 0. The highest BCUT2D eigenvalue weighted by Gasteiger charge is 2.64. The van der Waals surface area contributed by atoms with Gasteiger partial charge in [0.1, 0.15) is 0 Å². The highest BCUT2D eigenvalue weighted by molar-refractivity contribution is 6.15. The van der Waals surface area contributed by atoms with E-state index in [2.05, 4.69) is 35.2 Å².